The Morgan fingerprint density at radius 1 is 1.30 bits per heavy atom. The van der Waals surface area contributed by atoms with Crippen molar-refractivity contribution in [3.63, 3.8) is 0 Å². The molecular weight excluding hydrogens is 340 g/mol. The summed E-state index contributed by atoms with van der Waals surface area (Å²) in [6.45, 7) is 6.56. The maximum absolute atomic E-state index is 12.7. The first kappa shape index (κ1) is 18.2. The third kappa shape index (κ3) is 3.14. The number of methoxy groups -OCH3 is 1. The van der Waals surface area contributed by atoms with Gasteiger partial charge in [-0.25, -0.2) is 9.78 Å². The average molecular weight is 360 g/mol. The summed E-state index contributed by atoms with van der Waals surface area (Å²) in [5.74, 6) is 10.5. The molecule has 1 aromatic heterocycles. The number of imidazole rings is 1. The fourth-order valence-electron chi connectivity index (χ4n) is 2.95. The molecule has 0 atom stereocenters. The number of carbonyl (C=O) groups excluding carboxylic acids is 1. The largest absolute Gasteiger partial charge is 0.497 e. The quantitative estimate of drug-likeness (QED) is 0.791. The fourth-order valence-corrected chi connectivity index (χ4v) is 2.95. The number of ether oxygens (including phenoxy) is 1. The van der Waals surface area contributed by atoms with Crippen molar-refractivity contribution in [2.75, 3.05) is 25.1 Å². The van der Waals surface area contributed by atoms with Crippen molar-refractivity contribution in [1.82, 2.24) is 14.5 Å². The lowest BCUT2D eigenvalue weighted by Crippen LogP contribution is -2.46. The van der Waals surface area contributed by atoms with Crippen molar-refractivity contribution in [1.29, 1.82) is 0 Å². The van der Waals surface area contributed by atoms with E-state index >= 15 is 0 Å². The van der Waals surface area contributed by atoms with E-state index in [0.29, 0.717) is 23.9 Å². The minimum atomic E-state index is -0.224. The van der Waals surface area contributed by atoms with Crippen molar-refractivity contribution in [3.05, 3.63) is 47.9 Å². The molecule has 6 nitrogen and oxygen atoms in total. The lowest BCUT2D eigenvalue weighted by Gasteiger charge is -2.34. The van der Waals surface area contributed by atoms with E-state index in [0.717, 1.165) is 17.0 Å². The van der Waals surface area contributed by atoms with Crippen LogP contribution >= 0.6 is 0 Å². The van der Waals surface area contributed by atoms with Gasteiger partial charge in [0.05, 0.1) is 19.4 Å². The van der Waals surface area contributed by atoms with E-state index in [9.17, 15) is 4.79 Å². The number of hydrogen-bond donors (Lipinski definition) is 0. The zero-order valence-corrected chi connectivity index (χ0v) is 15.6. The number of amides is 2. The summed E-state index contributed by atoms with van der Waals surface area (Å²) in [4.78, 5) is 20.3. The van der Waals surface area contributed by atoms with Crippen molar-refractivity contribution < 1.29 is 9.53 Å². The Kier molecular flexibility index (Phi) is 4.92. The van der Waals surface area contributed by atoms with Crippen LogP contribution in [0.15, 0.2) is 30.8 Å². The van der Waals surface area contributed by atoms with Crippen molar-refractivity contribution >= 4 is 17.5 Å². The molecule has 0 saturated heterocycles. The molecular formula is C21H20N4O2. The van der Waals surface area contributed by atoms with Crippen molar-refractivity contribution in [3.8, 4) is 29.9 Å². The number of rotatable bonds is 3. The zero-order valence-electron chi connectivity index (χ0n) is 15.6. The highest BCUT2D eigenvalue weighted by Gasteiger charge is 2.36. The molecule has 1 aromatic carbocycles. The molecule has 3 rings (SSSR count). The fraction of sp³-hybridized carbons (Fsp3) is 0.238. The van der Waals surface area contributed by atoms with Gasteiger partial charge in [0.1, 0.15) is 11.4 Å². The molecule has 0 N–H and O–H groups in total. The lowest BCUT2D eigenvalue weighted by atomic mass is 10.2. The minimum Gasteiger partial charge on any atom is -0.497 e. The summed E-state index contributed by atoms with van der Waals surface area (Å²) in [5, 5.41) is 0. The van der Waals surface area contributed by atoms with Crippen LogP contribution in [0.3, 0.4) is 0 Å². The molecule has 2 heterocycles. The summed E-state index contributed by atoms with van der Waals surface area (Å²) in [6.07, 6.45) is 5.41. The molecule has 0 bridgehead atoms. The van der Waals surface area contributed by atoms with Gasteiger partial charge in [0.2, 0.25) is 0 Å². The van der Waals surface area contributed by atoms with Crippen molar-refractivity contribution in [2.45, 2.75) is 6.92 Å². The highest BCUT2D eigenvalue weighted by Crippen LogP contribution is 2.34. The van der Waals surface area contributed by atoms with Crippen LogP contribution in [-0.2, 0) is 7.05 Å². The molecule has 2 amide bonds. The summed E-state index contributed by atoms with van der Waals surface area (Å²) in [5.41, 5.74) is 2.08. The van der Waals surface area contributed by atoms with Crippen LogP contribution in [-0.4, -0.2) is 40.7 Å². The Labute approximate surface area is 159 Å². The van der Waals surface area contributed by atoms with Gasteiger partial charge in [0.25, 0.3) is 0 Å². The van der Waals surface area contributed by atoms with E-state index in [2.05, 4.69) is 29.3 Å². The smallest absolute Gasteiger partial charge is 0.331 e. The highest BCUT2D eigenvalue weighted by atomic mass is 16.5. The second kappa shape index (κ2) is 7.31. The zero-order chi connectivity index (χ0) is 19.6. The number of hydrogen-bond acceptors (Lipinski definition) is 3. The molecule has 0 spiro atoms. The molecule has 6 heteroatoms. The normalized spacial score (nSPS) is 13.0. The molecule has 0 fully saturated rings. The second-order valence-electron chi connectivity index (χ2n) is 5.91. The van der Waals surface area contributed by atoms with E-state index in [1.807, 2.05) is 42.8 Å². The Hall–Kier alpha value is -3.64. The van der Waals surface area contributed by atoms with Gasteiger partial charge < -0.3 is 9.30 Å². The predicted molar refractivity (Wildman–Crippen MR) is 105 cm³/mol. The molecule has 136 valence electrons. The lowest BCUT2D eigenvalue weighted by molar-refractivity contribution is 0.226. The highest BCUT2D eigenvalue weighted by molar-refractivity contribution is 6.03. The molecule has 1 aliphatic heterocycles. The molecule has 0 radical (unpaired) electrons. The van der Waals surface area contributed by atoms with Gasteiger partial charge in [-0.2, -0.15) is 0 Å². The first-order chi connectivity index (χ1) is 13.0. The minimum absolute atomic E-state index is 0.156. The first-order valence-corrected chi connectivity index (χ1v) is 8.46. The van der Waals surface area contributed by atoms with Crippen LogP contribution in [0.4, 0.5) is 10.6 Å². The van der Waals surface area contributed by atoms with Crippen LogP contribution in [0, 0.1) is 24.2 Å². The van der Waals surface area contributed by atoms with Gasteiger partial charge in [0.15, 0.2) is 11.6 Å². The number of urea groups is 1. The number of nitrogens with zero attached hydrogens (tertiary/aromatic N) is 4. The molecule has 27 heavy (non-hydrogen) atoms. The second-order valence-corrected chi connectivity index (χ2v) is 5.91. The Balaban J connectivity index is 2.05. The number of terminal acetylenes is 1. The summed E-state index contributed by atoms with van der Waals surface area (Å²) in [6, 6.07) is 7.26. The van der Waals surface area contributed by atoms with Gasteiger partial charge >= 0.3 is 6.03 Å². The number of aromatic nitrogens is 2. The third-order valence-electron chi connectivity index (χ3n) is 4.35. The van der Waals surface area contributed by atoms with Crippen LogP contribution in [0.5, 0.6) is 5.75 Å². The van der Waals surface area contributed by atoms with E-state index in [-0.39, 0.29) is 12.6 Å². The Bertz CT molecular complexity index is 1020. The van der Waals surface area contributed by atoms with E-state index in [4.69, 9.17) is 11.2 Å². The van der Waals surface area contributed by atoms with E-state index in [1.54, 1.807) is 12.0 Å². The summed E-state index contributed by atoms with van der Waals surface area (Å²) < 4.78 is 7.06. The maximum atomic E-state index is 12.7. The number of anilines is 1. The summed E-state index contributed by atoms with van der Waals surface area (Å²) >= 11 is 0. The van der Waals surface area contributed by atoms with E-state index < -0.39 is 0 Å². The molecule has 0 unspecified atom stereocenters. The molecule has 0 saturated carbocycles. The van der Waals surface area contributed by atoms with Gasteiger partial charge in [-0.15, -0.1) is 6.42 Å². The number of fused-ring (bicyclic) bond motifs is 1. The van der Waals surface area contributed by atoms with Crippen molar-refractivity contribution in [2.24, 2.45) is 7.05 Å². The van der Waals surface area contributed by atoms with Gasteiger partial charge in [-0.3, -0.25) is 9.80 Å². The SMILES string of the molecule is C#CCN1C(=C)c2c(nc(C#Cc3cccc(OC)c3)n2C)N(CC)C1=O. The molecule has 0 aliphatic carbocycles. The monoisotopic (exact) mass is 360 g/mol. The number of carbonyl (C=O) groups is 1. The van der Waals surface area contributed by atoms with E-state index in [1.165, 1.54) is 4.90 Å². The summed E-state index contributed by atoms with van der Waals surface area (Å²) in [7, 11) is 3.47. The first-order valence-electron chi connectivity index (χ1n) is 8.46. The van der Waals surface area contributed by atoms with Crippen LogP contribution in [0.1, 0.15) is 24.0 Å². The van der Waals surface area contributed by atoms with Crippen LogP contribution < -0.4 is 9.64 Å². The molecule has 1 aliphatic rings. The van der Waals surface area contributed by atoms with Crippen LogP contribution in [0.2, 0.25) is 0 Å². The van der Waals surface area contributed by atoms with Gasteiger partial charge in [-0.1, -0.05) is 24.5 Å². The van der Waals surface area contributed by atoms with Gasteiger partial charge in [-0.05, 0) is 31.0 Å². The number of benzene rings is 1. The predicted octanol–water partition coefficient (Wildman–Crippen LogP) is 2.69. The third-order valence-corrected chi connectivity index (χ3v) is 4.35. The standard InChI is InChI=1S/C21H20N4O2/c1-6-13-25-15(3)19-20(24(7-2)21(25)26)22-18(23(19)4)12-11-16-9-8-10-17(14-16)27-5/h1,8-10,14H,3,7,13H2,2,4-5H3. The topological polar surface area (TPSA) is 50.6 Å². The Morgan fingerprint density at radius 3 is 2.74 bits per heavy atom. The Morgan fingerprint density at radius 2 is 2.07 bits per heavy atom. The maximum Gasteiger partial charge on any atom is 0.331 e. The average Bonchev–Trinajstić information content (AvgIpc) is 3.00. The van der Waals surface area contributed by atoms with Crippen LogP contribution in [0.25, 0.3) is 5.70 Å². The van der Waals surface area contributed by atoms with Gasteiger partial charge in [0, 0.05) is 19.2 Å². The molecule has 2 aromatic rings.